The predicted molar refractivity (Wildman–Crippen MR) is 97.5 cm³/mol. The molecule has 136 valence electrons. The summed E-state index contributed by atoms with van der Waals surface area (Å²) in [6.45, 7) is 5.76. The number of allylic oxidation sites excluding steroid dienone is 1. The Hall–Kier alpha value is -2.49. The van der Waals surface area contributed by atoms with E-state index in [0.717, 1.165) is 28.3 Å². The van der Waals surface area contributed by atoms with Crippen LogP contribution in [0.1, 0.15) is 25.0 Å². The van der Waals surface area contributed by atoms with Gasteiger partial charge in [0, 0.05) is 5.92 Å². The number of halogens is 2. The van der Waals surface area contributed by atoms with Crippen molar-refractivity contribution in [2.75, 3.05) is 0 Å². The van der Waals surface area contributed by atoms with E-state index in [-0.39, 0.29) is 6.61 Å². The second kappa shape index (κ2) is 7.02. The third kappa shape index (κ3) is 3.55. The van der Waals surface area contributed by atoms with Crippen LogP contribution in [0.2, 0.25) is 0 Å². The molecule has 3 rings (SSSR count). The molecule has 2 nitrogen and oxygen atoms in total. The van der Waals surface area contributed by atoms with E-state index in [1.807, 2.05) is 69.3 Å². The third-order valence-corrected chi connectivity index (χ3v) is 5.37. The lowest BCUT2D eigenvalue weighted by molar-refractivity contribution is -0.147. The van der Waals surface area contributed by atoms with Crippen molar-refractivity contribution in [1.29, 1.82) is 0 Å². The molecule has 2 aromatic rings. The zero-order chi connectivity index (χ0) is 18.9. The first-order valence-corrected chi connectivity index (χ1v) is 8.65. The van der Waals surface area contributed by atoms with Gasteiger partial charge >= 0.3 is 5.97 Å². The number of ether oxygens (including phenoxy) is 1. The summed E-state index contributed by atoms with van der Waals surface area (Å²) >= 11 is 0. The first-order chi connectivity index (χ1) is 12.3. The summed E-state index contributed by atoms with van der Waals surface area (Å²) in [5, 5.41) is 0. The molecule has 0 bridgehead atoms. The van der Waals surface area contributed by atoms with Crippen LogP contribution in [0.5, 0.6) is 0 Å². The van der Waals surface area contributed by atoms with Gasteiger partial charge in [-0.15, -0.1) is 0 Å². The van der Waals surface area contributed by atoms with Crippen molar-refractivity contribution in [2.45, 2.75) is 27.4 Å². The van der Waals surface area contributed by atoms with Gasteiger partial charge in [0.25, 0.3) is 6.08 Å². The van der Waals surface area contributed by atoms with Crippen LogP contribution in [0.25, 0.3) is 11.1 Å². The van der Waals surface area contributed by atoms with Gasteiger partial charge < -0.3 is 4.74 Å². The van der Waals surface area contributed by atoms with Gasteiger partial charge in [0.15, 0.2) is 0 Å². The molecule has 2 aromatic carbocycles. The molecule has 4 heteroatoms. The zero-order valence-corrected chi connectivity index (χ0v) is 15.1. The van der Waals surface area contributed by atoms with Crippen LogP contribution in [-0.4, -0.2) is 5.97 Å². The van der Waals surface area contributed by atoms with Gasteiger partial charge in [-0.3, -0.25) is 4.79 Å². The summed E-state index contributed by atoms with van der Waals surface area (Å²) in [4.78, 5) is 12.4. The van der Waals surface area contributed by atoms with Crippen LogP contribution in [-0.2, 0) is 16.1 Å². The minimum atomic E-state index is -1.75. The van der Waals surface area contributed by atoms with Crippen molar-refractivity contribution in [1.82, 2.24) is 0 Å². The summed E-state index contributed by atoms with van der Waals surface area (Å²) in [6, 6.07) is 15.9. The van der Waals surface area contributed by atoms with Crippen molar-refractivity contribution >= 4 is 5.97 Å². The van der Waals surface area contributed by atoms with Gasteiger partial charge in [0.2, 0.25) is 0 Å². The first kappa shape index (κ1) is 18.3. The minimum Gasteiger partial charge on any atom is -0.461 e. The fourth-order valence-corrected chi connectivity index (χ4v) is 3.58. The molecule has 0 amide bonds. The van der Waals surface area contributed by atoms with Crippen LogP contribution in [0, 0.1) is 24.2 Å². The van der Waals surface area contributed by atoms with E-state index in [0.29, 0.717) is 0 Å². The van der Waals surface area contributed by atoms with E-state index < -0.39 is 29.3 Å². The molecule has 0 heterocycles. The summed E-state index contributed by atoms with van der Waals surface area (Å²) in [5.74, 6) is -1.39. The van der Waals surface area contributed by atoms with Gasteiger partial charge in [-0.25, -0.2) is 0 Å². The van der Waals surface area contributed by atoms with Crippen molar-refractivity contribution in [3.63, 3.8) is 0 Å². The van der Waals surface area contributed by atoms with Crippen molar-refractivity contribution in [3.8, 4) is 11.1 Å². The highest BCUT2D eigenvalue weighted by Gasteiger charge is 2.61. The van der Waals surface area contributed by atoms with E-state index in [9.17, 15) is 13.6 Å². The smallest absolute Gasteiger partial charge is 0.310 e. The Morgan fingerprint density at radius 3 is 2.46 bits per heavy atom. The second-order valence-electron chi connectivity index (χ2n) is 7.34. The molecule has 26 heavy (non-hydrogen) atoms. The van der Waals surface area contributed by atoms with Crippen molar-refractivity contribution in [3.05, 3.63) is 71.8 Å². The number of rotatable bonds is 5. The maximum absolute atomic E-state index is 12.5. The van der Waals surface area contributed by atoms with Gasteiger partial charge in [-0.1, -0.05) is 62.4 Å². The first-order valence-electron chi connectivity index (χ1n) is 8.65. The molecule has 0 unspecified atom stereocenters. The Balaban J connectivity index is 1.71. The summed E-state index contributed by atoms with van der Waals surface area (Å²) < 4.78 is 30.5. The Kier molecular flexibility index (Phi) is 4.94. The van der Waals surface area contributed by atoms with Gasteiger partial charge in [-0.2, -0.15) is 8.78 Å². The highest BCUT2D eigenvalue weighted by atomic mass is 19.3. The van der Waals surface area contributed by atoms with Crippen molar-refractivity contribution in [2.24, 2.45) is 17.3 Å². The van der Waals surface area contributed by atoms with Crippen LogP contribution in [0.15, 0.2) is 60.7 Å². The van der Waals surface area contributed by atoms with Gasteiger partial charge in [0.1, 0.15) is 6.61 Å². The number of hydrogen-bond donors (Lipinski definition) is 0. The second-order valence-corrected chi connectivity index (χ2v) is 7.34. The van der Waals surface area contributed by atoms with Crippen LogP contribution < -0.4 is 0 Å². The molecule has 1 saturated carbocycles. The van der Waals surface area contributed by atoms with Crippen molar-refractivity contribution < 1.29 is 18.3 Å². The summed E-state index contributed by atoms with van der Waals surface area (Å²) in [5.41, 5.74) is 3.67. The molecule has 1 aliphatic rings. The van der Waals surface area contributed by atoms with Crippen LogP contribution in [0.3, 0.4) is 0 Å². The summed E-state index contributed by atoms with van der Waals surface area (Å²) in [7, 11) is 0. The lowest BCUT2D eigenvalue weighted by Gasteiger charge is -2.12. The van der Waals surface area contributed by atoms with E-state index in [1.54, 1.807) is 0 Å². The van der Waals surface area contributed by atoms with E-state index in [2.05, 4.69) is 0 Å². The lowest BCUT2D eigenvalue weighted by Crippen LogP contribution is -2.11. The van der Waals surface area contributed by atoms with E-state index >= 15 is 0 Å². The normalized spacial score (nSPS) is 20.3. The Morgan fingerprint density at radius 1 is 1.12 bits per heavy atom. The highest BCUT2D eigenvalue weighted by molar-refractivity contribution is 5.78. The monoisotopic (exact) mass is 356 g/mol. The quantitative estimate of drug-likeness (QED) is 0.637. The molecule has 0 aliphatic heterocycles. The zero-order valence-electron chi connectivity index (χ0n) is 15.1. The molecule has 0 spiro atoms. The fraction of sp³-hybridized carbons (Fsp3) is 0.318. The van der Waals surface area contributed by atoms with Crippen LogP contribution >= 0.6 is 0 Å². The fourth-order valence-electron chi connectivity index (χ4n) is 3.58. The number of hydrogen-bond acceptors (Lipinski definition) is 2. The molecule has 1 aliphatic carbocycles. The molecule has 2 atom stereocenters. The Labute approximate surface area is 152 Å². The summed E-state index contributed by atoms with van der Waals surface area (Å²) in [6.07, 6.45) is -0.877. The maximum Gasteiger partial charge on any atom is 0.310 e. The maximum atomic E-state index is 12.5. The SMILES string of the molecule is Cc1c(COC(=O)[C@H]2[C@H](C=C(F)F)C2(C)C)cccc1-c1ccccc1. The third-order valence-electron chi connectivity index (χ3n) is 5.37. The largest absolute Gasteiger partial charge is 0.461 e. The Morgan fingerprint density at radius 2 is 1.81 bits per heavy atom. The topological polar surface area (TPSA) is 26.3 Å². The average molecular weight is 356 g/mol. The molecular weight excluding hydrogens is 334 g/mol. The highest BCUT2D eigenvalue weighted by Crippen LogP contribution is 2.60. The molecule has 0 saturated heterocycles. The number of benzene rings is 2. The number of esters is 1. The van der Waals surface area contributed by atoms with Gasteiger partial charge in [-0.05, 0) is 40.7 Å². The molecule has 0 N–H and O–H groups in total. The number of carbonyl (C=O) groups is 1. The standard InChI is InChI=1S/C22H22F2O2/c1-14-16(10-7-11-17(14)15-8-5-4-6-9-15)13-26-21(25)20-18(12-19(23)24)22(20,2)3/h4-12,18,20H,13H2,1-3H3/t18-,20+/m0/s1. The van der Waals surface area contributed by atoms with Crippen LogP contribution in [0.4, 0.5) is 8.78 Å². The molecule has 0 radical (unpaired) electrons. The van der Waals surface area contributed by atoms with E-state index in [1.165, 1.54) is 0 Å². The van der Waals surface area contributed by atoms with E-state index in [4.69, 9.17) is 4.74 Å². The molecular formula is C22H22F2O2. The molecule has 1 fully saturated rings. The number of carbonyl (C=O) groups excluding carboxylic acids is 1. The lowest BCUT2D eigenvalue weighted by atomic mass is 9.97. The minimum absolute atomic E-state index is 0.145. The average Bonchev–Trinajstić information content (AvgIpc) is 3.14. The van der Waals surface area contributed by atoms with Gasteiger partial charge in [0.05, 0.1) is 5.92 Å². The Bertz CT molecular complexity index is 836. The molecule has 0 aromatic heterocycles. The predicted octanol–water partition coefficient (Wildman–Crippen LogP) is 5.76.